The van der Waals surface area contributed by atoms with Crippen molar-refractivity contribution < 1.29 is 19.0 Å². The van der Waals surface area contributed by atoms with Crippen LogP contribution in [-0.2, 0) is 4.79 Å². The number of hydrogen-bond donors (Lipinski definition) is 3. The average Bonchev–Trinajstić information content (AvgIpc) is 2.77. The van der Waals surface area contributed by atoms with Crippen LogP contribution in [0.2, 0.25) is 5.02 Å². The summed E-state index contributed by atoms with van der Waals surface area (Å²) < 4.78 is 16.5. The minimum atomic E-state index is -0.434. The summed E-state index contributed by atoms with van der Waals surface area (Å²) in [4.78, 5) is 22.0. The zero-order chi connectivity index (χ0) is 24.1. The fourth-order valence-corrected chi connectivity index (χ4v) is 3.58. The monoisotopic (exact) mass is 474 g/mol. The number of nitrogens with zero attached hydrogens (tertiary/aromatic N) is 3. The second-order valence-electron chi connectivity index (χ2n) is 7.46. The highest BCUT2D eigenvalue weighted by molar-refractivity contribution is 6.32. The molecule has 33 heavy (non-hydrogen) atoms. The Morgan fingerprint density at radius 2 is 1.85 bits per heavy atom. The summed E-state index contributed by atoms with van der Waals surface area (Å²) >= 11 is 6.20. The summed E-state index contributed by atoms with van der Waals surface area (Å²) in [5.74, 6) is 1.57. The SMILES string of the molecule is COc1cc(Nc2ncnc3cc(OCCC(C(N)=O)N(C)C)c(N)cc23)c(OC)cc1Cl. The number of nitrogen functional groups attached to an aromatic ring is 1. The van der Waals surface area contributed by atoms with Gasteiger partial charge in [0.2, 0.25) is 5.91 Å². The van der Waals surface area contributed by atoms with Gasteiger partial charge in [-0.25, -0.2) is 9.97 Å². The van der Waals surface area contributed by atoms with Crippen molar-refractivity contribution in [2.24, 2.45) is 5.73 Å². The van der Waals surface area contributed by atoms with E-state index in [-0.39, 0.29) is 6.61 Å². The number of amides is 1. The summed E-state index contributed by atoms with van der Waals surface area (Å²) in [5, 5.41) is 4.33. The molecule has 3 rings (SSSR count). The summed E-state index contributed by atoms with van der Waals surface area (Å²) in [6.45, 7) is 0.263. The van der Waals surface area contributed by atoms with Gasteiger partial charge in [0.1, 0.15) is 29.4 Å². The van der Waals surface area contributed by atoms with Gasteiger partial charge in [-0.15, -0.1) is 0 Å². The van der Waals surface area contributed by atoms with Gasteiger partial charge < -0.3 is 31.0 Å². The minimum absolute atomic E-state index is 0.263. The number of anilines is 3. The fourth-order valence-electron chi connectivity index (χ4n) is 3.35. The fraction of sp³-hybridized carbons (Fsp3) is 0.318. The van der Waals surface area contributed by atoms with E-state index in [0.29, 0.717) is 56.8 Å². The second kappa shape index (κ2) is 10.4. The lowest BCUT2D eigenvalue weighted by molar-refractivity contribution is -0.122. The van der Waals surface area contributed by atoms with Crippen LogP contribution >= 0.6 is 11.6 Å². The van der Waals surface area contributed by atoms with Gasteiger partial charge in [0.15, 0.2) is 0 Å². The number of benzene rings is 2. The van der Waals surface area contributed by atoms with Gasteiger partial charge in [0, 0.05) is 30.0 Å². The van der Waals surface area contributed by atoms with E-state index in [1.165, 1.54) is 13.4 Å². The predicted octanol–water partition coefficient (Wildman–Crippen LogP) is 2.81. The van der Waals surface area contributed by atoms with Crippen LogP contribution in [0.1, 0.15) is 6.42 Å². The number of nitrogens with two attached hydrogens (primary N) is 2. The molecule has 3 aromatic rings. The zero-order valence-electron chi connectivity index (χ0n) is 18.9. The molecule has 1 amide bonds. The molecule has 10 nitrogen and oxygen atoms in total. The number of ether oxygens (including phenoxy) is 3. The molecule has 0 aliphatic rings. The number of primary amides is 1. The summed E-state index contributed by atoms with van der Waals surface area (Å²) in [7, 11) is 6.65. The maximum Gasteiger partial charge on any atom is 0.234 e. The number of methoxy groups -OCH3 is 2. The Morgan fingerprint density at radius 3 is 2.48 bits per heavy atom. The molecule has 1 aromatic heterocycles. The smallest absolute Gasteiger partial charge is 0.234 e. The molecule has 0 radical (unpaired) electrons. The topological polar surface area (TPSA) is 138 Å². The molecule has 0 saturated carbocycles. The lowest BCUT2D eigenvalue weighted by atomic mass is 10.1. The van der Waals surface area contributed by atoms with Gasteiger partial charge in [0.05, 0.1) is 48.8 Å². The Morgan fingerprint density at radius 1 is 1.12 bits per heavy atom. The largest absolute Gasteiger partial charge is 0.495 e. The number of nitrogens with one attached hydrogen (secondary N) is 1. The quantitative estimate of drug-likeness (QED) is 0.378. The van der Waals surface area contributed by atoms with Crippen LogP contribution < -0.4 is 31.0 Å². The highest BCUT2D eigenvalue weighted by Gasteiger charge is 2.18. The van der Waals surface area contributed by atoms with Gasteiger partial charge in [-0.05, 0) is 20.2 Å². The maximum absolute atomic E-state index is 11.6. The van der Waals surface area contributed by atoms with E-state index in [2.05, 4.69) is 15.3 Å². The highest BCUT2D eigenvalue weighted by atomic mass is 35.5. The molecule has 0 spiro atoms. The average molecular weight is 475 g/mol. The van der Waals surface area contributed by atoms with Crippen LogP contribution in [-0.4, -0.2) is 61.7 Å². The number of carbonyl (C=O) groups is 1. The molecule has 2 aromatic carbocycles. The summed E-state index contributed by atoms with van der Waals surface area (Å²) in [6.07, 6.45) is 1.86. The van der Waals surface area contributed by atoms with E-state index in [4.69, 9.17) is 37.3 Å². The normalized spacial score (nSPS) is 11.9. The van der Waals surface area contributed by atoms with E-state index in [1.54, 1.807) is 50.4 Å². The van der Waals surface area contributed by atoms with Crippen molar-refractivity contribution in [3.8, 4) is 17.2 Å². The molecule has 0 aliphatic heterocycles. The third-order valence-corrected chi connectivity index (χ3v) is 5.39. The van der Waals surface area contributed by atoms with Gasteiger partial charge in [-0.3, -0.25) is 9.69 Å². The molecular formula is C22H27ClN6O4. The molecule has 0 aliphatic carbocycles. The van der Waals surface area contributed by atoms with Gasteiger partial charge >= 0.3 is 0 Å². The third kappa shape index (κ3) is 5.47. The number of likely N-dealkylation sites (N-methyl/N-ethyl adjacent to an activating group) is 1. The molecule has 1 atom stereocenters. The summed E-state index contributed by atoms with van der Waals surface area (Å²) in [6, 6.07) is 6.39. The zero-order valence-corrected chi connectivity index (χ0v) is 19.6. The van der Waals surface area contributed by atoms with E-state index in [9.17, 15) is 4.79 Å². The lowest BCUT2D eigenvalue weighted by Crippen LogP contribution is -2.41. The molecule has 0 saturated heterocycles. The Balaban J connectivity index is 1.87. The third-order valence-electron chi connectivity index (χ3n) is 5.09. The molecule has 11 heteroatoms. The Kier molecular flexibility index (Phi) is 7.62. The van der Waals surface area contributed by atoms with Crippen molar-refractivity contribution in [2.75, 3.05) is 46.0 Å². The number of halogens is 1. The first kappa shape index (κ1) is 24.1. The van der Waals surface area contributed by atoms with Gasteiger partial charge in [0.25, 0.3) is 0 Å². The summed E-state index contributed by atoms with van der Waals surface area (Å²) in [5.41, 5.74) is 13.3. The standard InChI is InChI=1S/C22H27ClN6O4/c1-29(2)17(21(25)30)5-6-33-19-9-15-12(7-14(19)24)22(27-11-26-15)28-16-10-18(31-3)13(23)8-20(16)32-4/h7-11,17H,5-6,24H2,1-4H3,(H2,25,30)(H,26,27,28). The van der Waals surface area contributed by atoms with E-state index < -0.39 is 11.9 Å². The minimum Gasteiger partial charge on any atom is -0.495 e. The van der Waals surface area contributed by atoms with Gasteiger partial charge in [-0.2, -0.15) is 0 Å². The molecule has 1 heterocycles. The van der Waals surface area contributed by atoms with E-state index in [0.717, 1.165) is 0 Å². The number of rotatable bonds is 10. The lowest BCUT2D eigenvalue weighted by Gasteiger charge is -2.21. The van der Waals surface area contributed by atoms with Crippen molar-refractivity contribution in [3.05, 3.63) is 35.6 Å². The van der Waals surface area contributed by atoms with Crippen molar-refractivity contribution in [1.29, 1.82) is 0 Å². The molecule has 176 valence electrons. The molecule has 5 N–H and O–H groups in total. The van der Waals surface area contributed by atoms with Crippen LogP contribution in [0.15, 0.2) is 30.6 Å². The van der Waals surface area contributed by atoms with Crippen molar-refractivity contribution in [1.82, 2.24) is 14.9 Å². The van der Waals surface area contributed by atoms with Crippen molar-refractivity contribution in [3.63, 3.8) is 0 Å². The van der Waals surface area contributed by atoms with Crippen LogP contribution in [0.4, 0.5) is 17.2 Å². The molecule has 0 fully saturated rings. The van der Waals surface area contributed by atoms with E-state index >= 15 is 0 Å². The molecular weight excluding hydrogens is 448 g/mol. The first-order valence-corrected chi connectivity index (χ1v) is 10.4. The first-order chi connectivity index (χ1) is 15.7. The van der Waals surface area contributed by atoms with Crippen LogP contribution in [0.25, 0.3) is 10.9 Å². The second-order valence-corrected chi connectivity index (χ2v) is 7.87. The van der Waals surface area contributed by atoms with Crippen LogP contribution in [0.5, 0.6) is 17.2 Å². The first-order valence-electron chi connectivity index (χ1n) is 10.1. The molecule has 1 unspecified atom stereocenters. The van der Waals surface area contributed by atoms with Crippen molar-refractivity contribution >= 4 is 45.6 Å². The highest BCUT2D eigenvalue weighted by Crippen LogP contribution is 2.38. The van der Waals surface area contributed by atoms with Gasteiger partial charge in [-0.1, -0.05) is 11.6 Å². The van der Waals surface area contributed by atoms with Crippen LogP contribution in [0.3, 0.4) is 0 Å². The molecule has 0 bridgehead atoms. The number of hydrogen-bond acceptors (Lipinski definition) is 9. The van der Waals surface area contributed by atoms with E-state index in [1.807, 2.05) is 0 Å². The number of carbonyl (C=O) groups excluding carboxylic acids is 1. The predicted molar refractivity (Wildman–Crippen MR) is 129 cm³/mol. The Labute approximate surface area is 196 Å². The van der Waals surface area contributed by atoms with Crippen LogP contribution in [0, 0.1) is 0 Å². The Bertz CT molecular complexity index is 1160. The van der Waals surface area contributed by atoms with Crippen molar-refractivity contribution in [2.45, 2.75) is 12.5 Å². The maximum atomic E-state index is 11.6. The number of aromatic nitrogens is 2. The number of fused-ring (bicyclic) bond motifs is 1. The Hall–Kier alpha value is -3.50.